The van der Waals surface area contributed by atoms with Crippen LogP contribution in [0, 0.1) is 11.3 Å². The van der Waals surface area contributed by atoms with Crippen molar-refractivity contribution in [3.8, 4) is 22.9 Å². The Morgan fingerprint density at radius 3 is 1.70 bits per heavy atom. The smallest absolute Gasteiger partial charge is 0.264 e. The average molecular weight is 430 g/mol. The van der Waals surface area contributed by atoms with E-state index in [1.807, 2.05) is 48.5 Å². The predicted molar refractivity (Wildman–Crippen MR) is 120 cm³/mol. The summed E-state index contributed by atoms with van der Waals surface area (Å²) in [6.45, 7) is 1.02. The Kier molecular flexibility index (Phi) is 10.4. The Hall–Kier alpha value is -2.36. The van der Waals surface area contributed by atoms with E-state index in [4.69, 9.17) is 14.2 Å². The summed E-state index contributed by atoms with van der Waals surface area (Å²) in [4.78, 5) is 0. The molecule has 0 radical (unpaired) electrons. The lowest BCUT2D eigenvalue weighted by atomic mass is 10.0. The summed E-state index contributed by atoms with van der Waals surface area (Å²) in [5.74, 6) is 0.878. The van der Waals surface area contributed by atoms with Crippen LogP contribution in [0.5, 0.6) is 5.75 Å². The molecule has 6 heteroatoms. The van der Waals surface area contributed by atoms with E-state index in [1.54, 1.807) is 0 Å². The van der Waals surface area contributed by atoms with Crippen LogP contribution in [0.25, 0.3) is 11.1 Å². The van der Waals surface area contributed by atoms with Crippen LogP contribution in [0.1, 0.15) is 56.9 Å². The summed E-state index contributed by atoms with van der Waals surface area (Å²) < 4.78 is 32.2. The maximum Gasteiger partial charge on any atom is 0.264 e. The molecule has 2 aromatic rings. The van der Waals surface area contributed by atoms with Gasteiger partial charge >= 0.3 is 0 Å². The standard InChI is InChI=1S/C24H31NO4S/c1-30(26,27)29-19-9-7-5-3-2-4-6-8-18-28-24-16-14-23(15-17-24)22-12-10-21(20-25)11-13-22/h10-17H,2-9,18-19H2,1H3. The summed E-state index contributed by atoms with van der Waals surface area (Å²) in [7, 11) is -3.29. The molecule has 0 fully saturated rings. The number of hydrogen-bond acceptors (Lipinski definition) is 5. The monoisotopic (exact) mass is 429 g/mol. The lowest BCUT2D eigenvalue weighted by molar-refractivity contribution is 0.302. The molecule has 0 atom stereocenters. The van der Waals surface area contributed by atoms with Crippen LogP contribution in [0.15, 0.2) is 48.5 Å². The largest absolute Gasteiger partial charge is 0.494 e. The fourth-order valence-corrected chi connectivity index (χ4v) is 3.57. The number of ether oxygens (including phenoxy) is 1. The highest BCUT2D eigenvalue weighted by molar-refractivity contribution is 7.85. The fourth-order valence-electron chi connectivity index (χ4n) is 3.15. The molecule has 0 bridgehead atoms. The molecular weight excluding hydrogens is 398 g/mol. The molecule has 0 unspecified atom stereocenters. The van der Waals surface area contributed by atoms with Crippen molar-refractivity contribution in [2.24, 2.45) is 0 Å². The zero-order chi connectivity index (χ0) is 21.7. The molecule has 5 nitrogen and oxygen atoms in total. The number of hydrogen-bond donors (Lipinski definition) is 0. The summed E-state index contributed by atoms with van der Waals surface area (Å²) >= 11 is 0. The zero-order valence-electron chi connectivity index (χ0n) is 17.7. The first-order valence-corrected chi connectivity index (χ1v) is 12.4. The number of benzene rings is 2. The molecule has 2 aromatic carbocycles. The van der Waals surface area contributed by atoms with Gasteiger partial charge in [-0.3, -0.25) is 4.18 Å². The van der Waals surface area contributed by atoms with Crippen molar-refractivity contribution >= 4 is 10.1 Å². The first-order chi connectivity index (χ1) is 14.5. The third-order valence-corrected chi connectivity index (χ3v) is 5.40. The molecule has 0 saturated heterocycles. The van der Waals surface area contributed by atoms with E-state index in [9.17, 15) is 8.42 Å². The van der Waals surface area contributed by atoms with Crippen molar-refractivity contribution < 1.29 is 17.3 Å². The second-order valence-corrected chi connectivity index (χ2v) is 9.06. The summed E-state index contributed by atoms with van der Waals surface area (Å²) in [5, 5.41) is 8.87. The second kappa shape index (κ2) is 13.0. The Morgan fingerprint density at radius 1 is 0.733 bits per heavy atom. The second-order valence-electron chi connectivity index (χ2n) is 7.42. The zero-order valence-corrected chi connectivity index (χ0v) is 18.5. The van der Waals surface area contributed by atoms with Crippen LogP contribution < -0.4 is 4.74 Å². The number of rotatable bonds is 14. The molecule has 0 aliphatic rings. The summed E-state index contributed by atoms with van der Waals surface area (Å²) in [6, 6.07) is 17.7. The van der Waals surface area contributed by atoms with Gasteiger partial charge in [-0.05, 0) is 48.2 Å². The molecule has 0 N–H and O–H groups in total. The van der Waals surface area contributed by atoms with Gasteiger partial charge in [0.2, 0.25) is 0 Å². The van der Waals surface area contributed by atoms with Crippen LogP contribution in [-0.4, -0.2) is 27.9 Å². The topological polar surface area (TPSA) is 76.4 Å². The minimum atomic E-state index is -3.29. The SMILES string of the molecule is CS(=O)(=O)OCCCCCCCCCCOc1ccc(-c2ccc(C#N)cc2)cc1. The van der Waals surface area contributed by atoms with Gasteiger partial charge in [0.15, 0.2) is 0 Å². The molecule has 0 aromatic heterocycles. The van der Waals surface area contributed by atoms with Crippen LogP contribution in [-0.2, 0) is 14.3 Å². The maximum absolute atomic E-state index is 10.8. The van der Waals surface area contributed by atoms with Crippen molar-refractivity contribution in [3.63, 3.8) is 0 Å². The van der Waals surface area contributed by atoms with Gasteiger partial charge in [0, 0.05) is 0 Å². The fraction of sp³-hybridized carbons (Fsp3) is 0.458. The third-order valence-electron chi connectivity index (χ3n) is 4.81. The van der Waals surface area contributed by atoms with E-state index >= 15 is 0 Å². The highest BCUT2D eigenvalue weighted by atomic mass is 32.2. The quantitative estimate of drug-likeness (QED) is 0.284. The Labute approximate surface area is 180 Å². The minimum absolute atomic E-state index is 0.296. The van der Waals surface area contributed by atoms with Crippen LogP contribution in [0.2, 0.25) is 0 Å². The van der Waals surface area contributed by atoms with Crippen LogP contribution in [0.4, 0.5) is 0 Å². The van der Waals surface area contributed by atoms with Crippen molar-refractivity contribution in [3.05, 3.63) is 54.1 Å². The molecule has 30 heavy (non-hydrogen) atoms. The molecule has 162 valence electrons. The van der Waals surface area contributed by atoms with Crippen molar-refractivity contribution in [2.75, 3.05) is 19.5 Å². The molecule has 0 amide bonds. The maximum atomic E-state index is 10.8. The molecular formula is C24H31NO4S. The van der Waals surface area contributed by atoms with Gasteiger partial charge in [0.1, 0.15) is 5.75 Å². The van der Waals surface area contributed by atoms with Crippen molar-refractivity contribution in [1.82, 2.24) is 0 Å². The third kappa shape index (κ3) is 9.91. The van der Waals surface area contributed by atoms with Crippen LogP contribution >= 0.6 is 0 Å². The first kappa shape index (κ1) is 23.9. The Balaban J connectivity index is 1.50. The number of nitrogens with zero attached hydrogens (tertiary/aromatic N) is 1. The minimum Gasteiger partial charge on any atom is -0.494 e. The molecule has 2 rings (SSSR count). The van der Waals surface area contributed by atoms with E-state index in [1.165, 1.54) is 19.3 Å². The van der Waals surface area contributed by atoms with E-state index in [-0.39, 0.29) is 0 Å². The van der Waals surface area contributed by atoms with Crippen molar-refractivity contribution in [1.29, 1.82) is 5.26 Å². The van der Waals surface area contributed by atoms with Gasteiger partial charge in [-0.25, -0.2) is 0 Å². The Bertz CT molecular complexity index is 884. The van der Waals surface area contributed by atoms with Gasteiger partial charge in [-0.2, -0.15) is 13.7 Å². The van der Waals surface area contributed by atoms with E-state index in [0.717, 1.165) is 61.8 Å². The van der Waals surface area contributed by atoms with Crippen molar-refractivity contribution in [2.45, 2.75) is 51.4 Å². The summed E-state index contributed by atoms with van der Waals surface area (Å²) in [5.41, 5.74) is 2.86. The first-order valence-electron chi connectivity index (χ1n) is 10.6. The Morgan fingerprint density at radius 2 is 1.20 bits per heavy atom. The van der Waals surface area contributed by atoms with Gasteiger partial charge in [0.25, 0.3) is 10.1 Å². The molecule has 0 spiro atoms. The average Bonchev–Trinajstić information content (AvgIpc) is 2.74. The van der Waals surface area contributed by atoms with Gasteiger partial charge < -0.3 is 4.74 Å². The molecule has 0 heterocycles. The lowest BCUT2D eigenvalue weighted by Crippen LogP contribution is -2.03. The summed E-state index contributed by atoms with van der Waals surface area (Å²) in [6.07, 6.45) is 9.78. The van der Waals surface area contributed by atoms with Gasteiger partial charge in [0.05, 0.1) is 31.1 Å². The highest BCUT2D eigenvalue weighted by Crippen LogP contribution is 2.23. The normalized spacial score (nSPS) is 11.2. The number of nitriles is 1. The van der Waals surface area contributed by atoms with E-state index in [0.29, 0.717) is 12.2 Å². The van der Waals surface area contributed by atoms with E-state index in [2.05, 4.69) is 6.07 Å². The number of unbranched alkanes of at least 4 members (excludes halogenated alkanes) is 7. The highest BCUT2D eigenvalue weighted by Gasteiger charge is 2.01. The van der Waals surface area contributed by atoms with Gasteiger partial charge in [-0.15, -0.1) is 0 Å². The van der Waals surface area contributed by atoms with E-state index < -0.39 is 10.1 Å². The predicted octanol–water partition coefficient (Wildman–Crippen LogP) is 5.70. The van der Waals surface area contributed by atoms with Crippen LogP contribution in [0.3, 0.4) is 0 Å². The van der Waals surface area contributed by atoms with Gasteiger partial charge in [-0.1, -0.05) is 62.8 Å². The lowest BCUT2D eigenvalue weighted by Gasteiger charge is -2.08. The molecule has 0 aliphatic carbocycles. The molecule has 0 saturated carbocycles. The molecule has 0 aliphatic heterocycles.